The molecule has 0 bridgehead atoms. The number of carboxylic acid groups (broad SMARTS) is 1. The number of allylic oxidation sites excluding steroid dienone is 3. The molecule has 1 aromatic rings. The Hall–Kier alpha value is -2.53. The molecule has 2 saturated carbocycles. The summed E-state index contributed by atoms with van der Waals surface area (Å²) in [5, 5.41) is 21.8. The zero-order valence-electron chi connectivity index (χ0n) is 18.0. The average Bonchev–Trinajstić information content (AvgIpc) is 2.98. The van der Waals surface area contributed by atoms with E-state index < -0.39 is 17.0 Å². The van der Waals surface area contributed by atoms with Gasteiger partial charge in [-0.3, -0.25) is 9.59 Å². The Kier molecular flexibility index (Phi) is 4.26. The molecule has 5 nitrogen and oxygen atoms in total. The number of hydrogen-bond donors (Lipinski definition) is 2. The fourth-order valence-electron chi connectivity index (χ4n) is 7.01. The molecule has 0 radical (unpaired) electrons. The summed E-state index contributed by atoms with van der Waals surface area (Å²) in [7, 11) is 0. The first-order valence-corrected chi connectivity index (χ1v) is 11.2. The van der Waals surface area contributed by atoms with Crippen LogP contribution in [0.5, 0.6) is 0 Å². The predicted molar refractivity (Wildman–Crippen MR) is 115 cm³/mol. The maximum Gasteiger partial charge on any atom is 0.336 e. The van der Waals surface area contributed by atoms with Gasteiger partial charge >= 0.3 is 5.97 Å². The number of benzene rings is 1. The molecule has 2 fully saturated rings. The number of rotatable bonds is 2. The SMILES string of the molecule is C[C@]12CCC(=O)C=C1C(c1ccccc1C(=O)O)=C[C@@H]1[C@@H]2CC[C@]2(C)C(=O)CC[C@@]12O. The van der Waals surface area contributed by atoms with Crippen molar-refractivity contribution in [1.82, 2.24) is 0 Å². The van der Waals surface area contributed by atoms with Crippen LogP contribution in [0.25, 0.3) is 5.57 Å². The van der Waals surface area contributed by atoms with Crippen molar-refractivity contribution in [3.8, 4) is 0 Å². The first-order valence-electron chi connectivity index (χ1n) is 11.2. The standard InChI is InChI=1S/C26H28O5/c1-24-10-7-15(27)13-20(24)18(16-5-3-4-6-17(16)23(29)30)14-21-19(24)8-11-25(2)22(28)9-12-26(21,25)31/h3-6,13-14,19,21,31H,7-12H2,1-2H3,(H,29,30)/t19-,21+,24+,25+,26+/m0/s1. The molecule has 2 N–H and O–H groups in total. The molecular formula is C26H28O5. The minimum Gasteiger partial charge on any atom is -0.478 e. The molecule has 4 aliphatic rings. The normalized spacial score (nSPS) is 39.2. The molecule has 5 rings (SSSR count). The van der Waals surface area contributed by atoms with E-state index in [1.807, 2.05) is 13.0 Å². The number of carbonyl (C=O) groups is 3. The lowest BCUT2D eigenvalue weighted by molar-refractivity contribution is -0.162. The number of carbonyl (C=O) groups excluding carboxylic acids is 2. The van der Waals surface area contributed by atoms with Gasteiger partial charge < -0.3 is 10.2 Å². The molecule has 4 aliphatic carbocycles. The number of fused-ring (bicyclic) bond motifs is 5. The van der Waals surface area contributed by atoms with Crippen molar-refractivity contribution >= 4 is 23.1 Å². The number of carboxylic acids is 1. The molecule has 1 aromatic carbocycles. The highest BCUT2D eigenvalue weighted by molar-refractivity contribution is 6.02. The van der Waals surface area contributed by atoms with Crippen LogP contribution in [0.15, 0.2) is 42.0 Å². The molecular weight excluding hydrogens is 392 g/mol. The van der Waals surface area contributed by atoms with Gasteiger partial charge in [-0.1, -0.05) is 31.2 Å². The third kappa shape index (κ3) is 2.56. The Balaban J connectivity index is 1.78. The molecule has 5 atom stereocenters. The van der Waals surface area contributed by atoms with Gasteiger partial charge in [-0.25, -0.2) is 4.79 Å². The molecule has 0 aliphatic heterocycles. The van der Waals surface area contributed by atoms with E-state index in [9.17, 15) is 24.6 Å². The van der Waals surface area contributed by atoms with Crippen LogP contribution in [0.3, 0.4) is 0 Å². The van der Waals surface area contributed by atoms with E-state index in [0.717, 1.165) is 17.6 Å². The van der Waals surface area contributed by atoms with Crippen molar-refractivity contribution in [1.29, 1.82) is 0 Å². The van der Waals surface area contributed by atoms with Gasteiger partial charge in [-0.15, -0.1) is 0 Å². The highest BCUT2D eigenvalue weighted by Gasteiger charge is 2.66. The maximum absolute atomic E-state index is 12.8. The Morgan fingerprint density at radius 3 is 2.55 bits per heavy atom. The second kappa shape index (κ2) is 6.49. The Morgan fingerprint density at radius 1 is 1.06 bits per heavy atom. The third-order valence-electron chi connectivity index (χ3n) is 8.96. The average molecular weight is 421 g/mol. The molecule has 162 valence electrons. The van der Waals surface area contributed by atoms with E-state index in [-0.39, 0.29) is 34.4 Å². The first-order chi connectivity index (χ1) is 14.6. The quantitative estimate of drug-likeness (QED) is 0.748. The summed E-state index contributed by atoms with van der Waals surface area (Å²) >= 11 is 0. The summed E-state index contributed by atoms with van der Waals surface area (Å²) in [5.74, 6) is -0.993. The summed E-state index contributed by atoms with van der Waals surface area (Å²) < 4.78 is 0. The summed E-state index contributed by atoms with van der Waals surface area (Å²) in [5.41, 5.74) is 0.0949. The molecule has 0 aromatic heterocycles. The van der Waals surface area contributed by atoms with Crippen LogP contribution < -0.4 is 0 Å². The molecule has 0 amide bonds. The van der Waals surface area contributed by atoms with Gasteiger partial charge in [-0.2, -0.15) is 0 Å². The third-order valence-corrected chi connectivity index (χ3v) is 8.96. The Labute approximate surface area is 181 Å². The van der Waals surface area contributed by atoms with Gasteiger partial charge in [0.25, 0.3) is 0 Å². The van der Waals surface area contributed by atoms with E-state index in [4.69, 9.17) is 0 Å². The summed E-state index contributed by atoms with van der Waals surface area (Å²) in [6.07, 6.45) is 7.08. The zero-order chi connectivity index (χ0) is 22.2. The van der Waals surface area contributed by atoms with Crippen LogP contribution in [0, 0.1) is 22.7 Å². The second-order valence-corrected chi connectivity index (χ2v) is 10.2. The minimum atomic E-state index is -1.15. The first kappa shape index (κ1) is 20.4. The van der Waals surface area contributed by atoms with Gasteiger partial charge in [0.05, 0.1) is 16.6 Å². The molecule has 31 heavy (non-hydrogen) atoms. The molecule has 0 spiro atoms. The summed E-state index contributed by atoms with van der Waals surface area (Å²) in [6.45, 7) is 4.05. The molecule has 0 unspecified atom stereocenters. The van der Waals surface area contributed by atoms with Gasteiger partial charge in [-0.05, 0) is 72.8 Å². The summed E-state index contributed by atoms with van der Waals surface area (Å²) in [4.78, 5) is 37.2. The van der Waals surface area contributed by atoms with E-state index in [1.165, 1.54) is 0 Å². The lowest BCUT2D eigenvalue weighted by Gasteiger charge is -2.59. The Bertz CT molecular complexity index is 1080. The fraction of sp³-hybridized carbons (Fsp3) is 0.500. The van der Waals surface area contributed by atoms with E-state index in [1.54, 1.807) is 30.3 Å². The van der Waals surface area contributed by atoms with Crippen molar-refractivity contribution in [2.24, 2.45) is 22.7 Å². The van der Waals surface area contributed by atoms with Gasteiger partial charge in [0.2, 0.25) is 0 Å². The van der Waals surface area contributed by atoms with Gasteiger partial charge in [0, 0.05) is 18.8 Å². The number of aromatic carboxylic acids is 1. The minimum absolute atomic E-state index is 0.0556. The van der Waals surface area contributed by atoms with Crippen molar-refractivity contribution in [3.05, 3.63) is 53.1 Å². The van der Waals surface area contributed by atoms with Crippen LogP contribution in [0.1, 0.15) is 68.3 Å². The number of aliphatic hydroxyl groups is 1. The predicted octanol–water partition coefficient (Wildman–Crippen LogP) is 4.20. The van der Waals surface area contributed by atoms with Crippen molar-refractivity contribution in [2.45, 2.75) is 58.0 Å². The van der Waals surface area contributed by atoms with Crippen LogP contribution in [0.2, 0.25) is 0 Å². The van der Waals surface area contributed by atoms with E-state index in [0.29, 0.717) is 37.7 Å². The van der Waals surface area contributed by atoms with Gasteiger partial charge in [0.1, 0.15) is 5.78 Å². The van der Waals surface area contributed by atoms with Crippen LogP contribution in [-0.4, -0.2) is 33.3 Å². The Morgan fingerprint density at radius 2 is 1.81 bits per heavy atom. The lowest BCUT2D eigenvalue weighted by Crippen LogP contribution is -2.60. The smallest absolute Gasteiger partial charge is 0.336 e. The van der Waals surface area contributed by atoms with Crippen LogP contribution >= 0.6 is 0 Å². The van der Waals surface area contributed by atoms with Gasteiger partial charge in [0.15, 0.2) is 5.78 Å². The monoisotopic (exact) mass is 420 g/mol. The highest BCUT2D eigenvalue weighted by atomic mass is 16.4. The number of Topliss-reactive ketones (excluding diaryl/α,β-unsaturated/α-hetero) is 1. The van der Waals surface area contributed by atoms with Crippen LogP contribution in [-0.2, 0) is 9.59 Å². The maximum atomic E-state index is 12.8. The van der Waals surface area contributed by atoms with Crippen molar-refractivity contribution in [3.63, 3.8) is 0 Å². The number of hydrogen-bond acceptors (Lipinski definition) is 4. The largest absolute Gasteiger partial charge is 0.478 e. The van der Waals surface area contributed by atoms with E-state index >= 15 is 0 Å². The zero-order valence-corrected chi connectivity index (χ0v) is 18.0. The highest BCUT2D eigenvalue weighted by Crippen LogP contribution is 2.66. The molecule has 0 heterocycles. The fourth-order valence-corrected chi connectivity index (χ4v) is 7.01. The number of ketones is 2. The second-order valence-electron chi connectivity index (χ2n) is 10.2. The van der Waals surface area contributed by atoms with E-state index in [2.05, 4.69) is 6.92 Å². The topological polar surface area (TPSA) is 91.7 Å². The molecule has 0 saturated heterocycles. The molecule has 5 heteroatoms. The van der Waals surface area contributed by atoms with Crippen molar-refractivity contribution in [2.75, 3.05) is 0 Å². The lowest BCUT2D eigenvalue weighted by atomic mass is 9.46. The summed E-state index contributed by atoms with van der Waals surface area (Å²) in [6, 6.07) is 6.85. The van der Waals surface area contributed by atoms with Crippen molar-refractivity contribution < 1.29 is 24.6 Å². The van der Waals surface area contributed by atoms with Crippen LogP contribution in [0.4, 0.5) is 0 Å².